The minimum atomic E-state index is -0.877. The molecule has 1 aliphatic heterocycles. The maximum absolute atomic E-state index is 13.5. The molecule has 0 N–H and O–H groups in total. The number of nitrogens with zero attached hydrogens (tertiary/aromatic N) is 2. The lowest BCUT2D eigenvalue weighted by molar-refractivity contribution is -0.134. The topological polar surface area (TPSA) is 49.9 Å². The average molecular weight is 378 g/mol. The predicted molar refractivity (Wildman–Crippen MR) is 90.7 cm³/mol. The van der Waals surface area contributed by atoms with E-state index in [-0.39, 0.29) is 24.2 Å². The van der Waals surface area contributed by atoms with Gasteiger partial charge in [-0.1, -0.05) is 0 Å². The van der Waals surface area contributed by atoms with Crippen LogP contribution < -0.4 is 4.74 Å². The van der Waals surface area contributed by atoms with Crippen molar-refractivity contribution >= 4 is 11.8 Å². The van der Waals surface area contributed by atoms with Gasteiger partial charge in [-0.15, -0.1) is 0 Å². The van der Waals surface area contributed by atoms with E-state index >= 15 is 0 Å². The zero-order valence-corrected chi connectivity index (χ0v) is 14.3. The number of halogens is 3. The van der Waals surface area contributed by atoms with Gasteiger partial charge in [0.05, 0.1) is 0 Å². The molecule has 0 aromatic heterocycles. The van der Waals surface area contributed by atoms with Crippen LogP contribution in [0.1, 0.15) is 10.4 Å². The lowest BCUT2D eigenvalue weighted by Crippen LogP contribution is -2.51. The van der Waals surface area contributed by atoms with Crippen LogP contribution in [0, 0.1) is 17.5 Å². The summed E-state index contributed by atoms with van der Waals surface area (Å²) in [6.07, 6.45) is 0. The van der Waals surface area contributed by atoms with Crippen LogP contribution in [0.4, 0.5) is 13.2 Å². The number of piperazine rings is 1. The molecule has 5 nitrogen and oxygen atoms in total. The summed E-state index contributed by atoms with van der Waals surface area (Å²) in [5.41, 5.74) is 0.381. The normalized spacial score (nSPS) is 14.2. The van der Waals surface area contributed by atoms with E-state index in [1.807, 2.05) is 0 Å². The summed E-state index contributed by atoms with van der Waals surface area (Å²) < 4.78 is 44.4. The van der Waals surface area contributed by atoms with Crippen molar-refractivity contribution in [2.24, 2.45) is 0 Å². The summed E-state index contributed by atoms with van der Waals surface area (Å²) in [6, 6.07) is 8.12. The molecule has 1 heterocycles. The standard InChI is InChI=1S/C19H17F3N2O3/c20-14-3-1-13(2-4-14)19(26)24-9-7-23(8-10-24)18(25)12-27-17-6-5-15(21)11-16(17)22/h1-6,11H,7-10,12H2. The zero-order valence-electron chi connectivity index (χ0n) is 14.3. The molecular formula is C19H17F3N2O3. The number of rotatable bonds is 4. The summed E-state index contributed by atoms with van der Waals surface area (Å²) in [5.74, 6) is -2.81. The van der Waals surface area contributed by atoms with Crippen LogP contribution in [-0.4, -0.2) is 54.4 Å². The molecule has 0 radical (unpaired) electrons. The van der Waals surface area contributed by atoms with Crippen molar-refractivity contribution < 1.29 is 27.5 Å². The number of hydrogen-bond acceptors (Lipinski definition) is 3. The number of benzene rings is 2. The molecule has 0 atom stereocenters. The van der Waals surface area contributed by atoms with E-state index < -0.39 is 17.5 Å². The molecule has 0 unspecified atom stereocenters. The Kier molecular flexibility index (Phi) is 5.63. The molecule has 1 saturated heterocycles. The van der Waals surface area contributed by atoms with Gasteiger partial charge in [0.25, 0.3) is 11.8 Å². The van der Waals surface area contributed by atoms with Crippen molar-refractivity contribution in [1.29, 1.82) is 0 Å². The number of hydrogen-bond donors (Lipinski definition) is 0. The van der Waals surface area contributed by atoms with Crippen molar-refractivity contribution in [2.45, 2.75) is 0 Å². The molecule has 8 heteroatoms. The van der Waals surface area contributed by atoms with E-state index in [9.17, 15) is 22.8 Å². The maximum Gasteiger partial charge on any atom is 0.260 e. The fraction of sp³-hybridized carbons (Fsp3) is 0.263. The van der Waals surface area contributed by atoms with Gasteiger partial charge < -0.3 is 14.5 Å². The lowest BCUT2D eigenvalue weighted by Gasteiger charge is -2.34. The summed E-state index contributed by atoms with van der Waals surface area (Å²) >= 11 is 0. The second-order valence-electron chi connectivity index (χ2n) is 6.04. The first-order chi connectivity index (χ1) is 12.9. The average Bonchev–Trinajstić information content (AvgIpc) is 2.67. The SMILES string of the molecule is O=C(COc1ccc(F)cc1F)N1CCN(C(=O)c2ccc(F)cc2)CC1. The molecular weight excluding hydrogens is 361 g/mol. The predicted octanol–water partition coefficient (Wildman–Crippen LogP) is 2.47. The third kappa shape index (κ3) is 4.58. The number of carbonyl (C=O) groups is 2. The largest absolute Gasteiger partial charge is 0.481 e. The summed E-state index contributed by atoms with van der Waals surface area (Å²) in [6.45, 7) is 0.885. The highest BCUT2D eigenvalue weighted by atomic mass is 19.1. The number of carbonyl (C=O) groups excluding carboxylic acids is 2. The molecule has 3 rings (SSSR count). The fourth-order valence-electron chi connectivity index (χ4n) is 2.76. The van der Waals surface area contributed by atoms with Gasteiger partial charge in [0.15, 0.2) is 18.2 Å². The van der Waals surface area contributed by atoms with Gasteiger partial charge in [-0.3, -0.25) is 9.59 Å². The Balaban J connectivity index is 1.50. The Morgan fingerprint density at radius 1 is 0.852 bits per heavy atom. The van der Waals surface area contributed by atoms with Crippen molar-refractivity contribution in [2.75, 3.05) is 32.8 Å². The molecule has 0 spiro atoms. The van der Waals surface area contributed by atoms with Crippen LogP contribution in [0.5, 0.6) is 5.75 Å². The Morgan fingerprint density at radius 2 is 1.44 bits per heavy atom. The van der Waals surface area contributed by atoms with E-state index in [1.165, 1.54) is 29.2 Å². The van der Waals surface area contributed by atoms with Crippen LogP contribution in [0.2, 0.25) is 0 Å². The lowest BCUT2D eigenvalue weighted by atomic mass is 10.2. The molecule has 0 bridgehead atoms. The molecule has 27 heavy (non-hydrogen) atoms. The maximum atomic E-state index is 13.5. The van der Waals surface area contributed by atoms with Gasteiger partial charge in [-0.05, 0) is 36.4 Å². The highest BCUT2D eigenvalue weighted by Gasteiger charge is 2.25. The van der Waals surface area contributed by atoms with E-state index in [1.54, 1.807) is 4.90 Å². The smallest absolute Gasteiger partial charge is 0.260 e. The quantitative estimate of drug-likeness (QED) is 0.821. The number of ether oxygens (including phenoxy) is 1. The molecule has 0 aliphatic carbocycles. The molecule has 1 aliphatic rings. The zero-order chi connectivity index (χ0) is 19.4. The molecule has 142 valence electrons. The third-order valence-corrected chi connectivity index (χ3v) is 4.26. The van der Waals surface area contributed by atoms with E-state index in [0.717, 1.165) is 12.1 Å². The third-order valence-electron chi connectivity index (χ3n) is 4.26. The summed E-state index contributed by atoms with van der Waals surface area (Å²) in [7, 11) is 0. The van der Waals surface area contributed by atoms with Crippen molar-refractivity contribution in [1.82, 2.24) is 9.80 Å². The summed E-state index contributed by atoms with van der Waals surface area (Å²) in [4.78, 5) is 27.6. The monoisotopic (exact) mass is 378 g/mol. The van der Waals surface area contributed by atoms with Crippen molar-refractivity contribution in [3.63, 3.8) is 0 Å². The first kappa shape index (κ1) is 18.8. The van der Waals surface area contributed by atoms with Gasteiger partial charge >= 0.3 is 0 Å². The highest BCUT2D eigenvalue weighted by molar-refractivity contribution is 5.94. The second kappa shape index (κ2) is 8.11. The number of amides is 2. The van der Waals surface area contributed by atoms with E-state index in [2.05, 4.69) is 0 Å². The van der Waals surface area contributed by atoms with Crippen LogP contribution in [0.3, 0.4) is 0 Å². The molecule has 0 saturated carbocycles. The minimum absolute atomic E-state index is 0.199. The summed E-state index contributed by atoms with van der Waals surface area (Å²) in [5, 5.41) is 0. The molecule has 1 fully saturated rings. The molecule has 2 amide bonds. The Labute approximate surface area is 153 Å². The fourth-order valence-corrected chi connectivity index (χ4v) is 2.76. The second-order valence-corrected chi connectivity index (χ2v) is 6.04. The highest BCUT2D eigenvalue weighted by Crippen LogP contribution is 2.18. The van der Waals surface area contributed by atoms with Gasteiger partial charge in [-0.25, -0.2) is 13.2 Å². The van der Waals surface area contributed by atoms with Crippen LogP contribution in [0.15, 0.2) is 42.5 Å². The van der Waals surface area contributed by atoms with E-state index in [0.29, 0.717) is 37.8 Å². The van der Waals surface area contributed by atoms with Crippen LogP contribution >= 0.6 is 0 Å². The van der Waals surface area contributed by atoms with Crippen LogP contribution in [-0.2, 0) is 4.79 Å². The first-order valence-corrected chi connectivity index (χ1v) is 8.34. The van der Waals surface area contributed by atoms with Crippen LogP contribution in [0.25, 0.3) is 0 Å². The molecule has 2 aromatic carbocycles. The Morgan fingerprint density at radius 3 is 2.07 bits per heavy atom. The van der Waals surface area contributed by atoms with Crippen molar-refractivity contribution in [3.8, 4) is 5.75 Å². The Bertz CT molecular complexity index is 835. The Hall–Kier alpha value is -3.03. The molecule has 2 aromatic rings. The van der Waals surface area contributed by atoms with E-state index in [4.69, 9.17) is 4.74 Å². The first-order valence-electron chi connectivity index (χ1n) is 8.34. The van der Waals surface area contributed by atoms with Gasteiger partial charge in [0.2, 0.25) is 0 Å². The minimum Gasteiger partial charge on any atom is -0.481 e. The van der Waals surface area contributed by atoms with Gasteiger partial charge in [0.1, 0.15) is 11.6 Å². The van der Waals surface area contributed by atoms with Gasteiger partial charge in [-0.2, -0.15) is 0 Å². The van der Waals surface area contributed by atoms with Gasteiger partial charge in [0, 0.05) is 37.8 Å². The van der Waals surface area contributed by atoms with Crippen molar-refractivity contribution in [3.05, 3.63) is 65.5 Å².